The summed E-state index contributed by atoms with van der Waals surface area (Å²) in [5.74, 6) is 1.59. The lowest BCUT2D eigenvalue weighted by Gasteiger charge is -2.26. The van der Waals surface area contributed by atoms with Crippen molar-refractivity contribution in [1.29, 1.82) is 0 Å². The van der Waals surface area contributed by atoms with E-state index in [2.05, 4.69) is 51.9 Å². The quantitative estimate of drug-likeness (QED) is 0.646. The van der Waals surface area contributed by atoms with Gasteiger partial charge in [-0.2, -0.15) is 5.21 Å². The summed E-state index contributed by atoms with van der Waals surface area (Å²) in [5.41, 5.74) is 2.73. The molecule has 0 saturated carbocycles. The molecule has 0 spiro atoms. The maximum absolute atomic E-state index is 12.4. The van der Waals surface area contributed by atoms with Crippen LogP contribution in [0.5, 0.6) is 11.5 Å². The zero-order chi connectivity index (χ0) is 20.2. The summed E-state index contributed by atoms with van der Waals surface area (Å²) in [4.78, 5) is 12.4. The van der Waals surface area contributed by atoms with Gasteiger partial charge in [0.05, 0.1) is 5.69 Å². The molecule has 4 rings (SSSR count). The van der Waals surface area contributed by atoms with E-state index in [1.807, 2.05) is 12.1 Å². The van der Waals surface area contributed by atoms with Crippen LogP contribution in [0.25, 0.3) is 6.08 Å². The van der Waals surface area contributed by atoms with Crippen LogP contribution in [0, 0.1) is 0 Å². The minimum atomic E-state index is -0.505. The molecule has 2 heterocycles. The first-order valence-corrected chi connectivity index (χ1v) is 9.35. The number of H-pyrrole nitrogens is 1. The number of nitrogens with one attached hydrogen (secondary N) is 2. The molecule has 0 fully saturated rings. The Bertz CT molecular complexity index is 1010. The summed E-state index contributed by atoms with van der Waals surface area (Å²) in [5, 5.41) is 16.6. The molecule has 0 saturated heterocycles. The first-order chi connectivity index (χ1) is 14.1. The highest BCUT2D eigenvalue weighted by Crippen LogP contribution is 2.41. The summed E-state index contributed by atoms with van der Waals surface area (Å²) in [6, 6.07) is 13.5. The highest BCUT2D eigenvalue weighted by molar-refractivity contribution is 6.03. The normalized spacial score (nSPS) is 15.6. The maximum atomic E-state index is 12.4. The van der Waals surface area contributed by atoms with E-state index in [1.165, 1.54) is 11.6 Å². The van der Waals surface area contributed by atoms with Gasteiger partial charge in [-0.1, -0.05) is 49.4 Å². The lowest BCUT2D eigenvalue weighted by molar-refractivity contribution is -0.111. The molecule has 8 heteroatoms. The first kappa shape index (κ1) is 18.7. The average Bonchev–Trinajstić information content (AvgIpc) is 3.27. The van der Waals surface area contributed by atoms with Gasteiger partial charge in [0.2, 0.25) is 11.7 Å². The summed E-state index contributed by atoms with van der Waals surface area (Å²) >= 11 is 0. The molecule has 2 aromatic carbocycles. The molecular formula is C21H21N5O3. The van der Waals surface area contributed by atoms with Crippen molar-refractivity contribution >= 4 is 17.7 Å². The second-order valence-electron chi connectivity index (χ2n) is 6.96. The van der Waals surface area contributed by atoms with Crippen molar-refractivity contribution in [3.8, 4) is 11.5 Å². The van der Waals surface area contributed by atoms with E-state index in [1.54, 1.807) is 24.3 Å². The van der Waals surface area contributed by atoms with E-state index in [0.717, 1.165) is 5.56 Å². The Kier molecular flexibility index (Phi) is 5.24. The zero-order valence-electron chi connectivity index (χ0n) is 16.1. The van der Waals surface area contributed by atoms with Gasteiger partial charge < -0.3 is 14.8 Å². The molecule has 148 valence electrons. The molecule has 1 amide bonds. The molecular weight excluding hydrogens is 370 g/mol. The third kappa shape index (κ3) is 4.26. The van der Waals surface area contributed by atoms with E-state index in [0.29, 0.717) is 28.9 Å². The predicted molar refractivity (Wildman–Crippen MR) is 108 cm³/mol. The number of nitrogens with zero attached hydrogens (tertiary/aromatic N) is 3. The van der Waals surface area contributed by atoms with Crippen molar-refractivity contribution in [3.05, 3.63) is 65.5 Å². The smallest absolute Gasteiger partial charge is 0.248 e. The van der Waals surface area contributed by atoms with Crippen LogP contribution in [-0.4, -0.2) is 33.1 Å². The number of aromatic nitrogens is 4. The molecule has 0 aliphatic carbocycles. The Balaban J connectivity index is 1.46. The van der Waals surface area contributed by atoms with Gasteiger partial charge in [0, 0.05) is 6.08 Å². The fraction of sp³-hybridized carbons (Fsp3) is 0.238. The topological polar surface area (TPSA) is 102 Å². The van der Waals surface area contributed by atoms with Crippen LogP contribution in [0.4, 0.5) is 5.69 Å². The number of carbonyl (C=O) groups is 1. The van der Waals surface area contributed by atoms with Crippen LogP contribution >= 0.6 is 0 Å². The molecule has 1 aliphatic heterocycles. The van der Waals surface area contributed by atoms with Gasteiger partial charge in [-0.05, 0) is 35.3 Å². The molecule has 1 unspecified atom stereocenters. The Morgan fingerprint density at radius 2 is 2.07 bits per heavy atom. The van der Waals surface area contributed by atoms with Crippen molar-refractivity contribution in [2.75, 3.05) is 11.9 Å². The Labute approximate surface area is 167 Å². The number of rotatable bonds is 5. The Morgan fingerprint density at radius 3 is 2.79 bits per heavy atom. The zero-order valence-corrected chi connectivity index (χ0v) is 16.1. The van der Waals surface area contributed by atoms with Gasteiger partial charge in [0.15, 0.2) is 17.6 Å². The molecule has 1 aliphatic rings. The van der Waals surface area contributed by atoms with E-state index < -0.39 is 6.10 Å². The molecule has 3 aromatic rings. The monoisotopic (exact) mass is 391 g/mol. The highest BCUT2D eigenvalue weighted by Gasteiger charge is 2.28. The number of ether oxygens (including phenoxy) is 2. The number of hydrogen-bond donors (Lipinski definition) is 2. The molecule has 29 heavy (non-hydrogen) atoms. The number of benzene rings is 2. The fourth-order valence-electron chi connectivity index (χ4n) is 2.96. The van der Waals surface area contributed by atoms with Crippen molar-refractivity contribution in [3.63, 3.8) is 0 Å². The fourth-order valence-corrected chi connectivity index (χ4v) is 2.96. The van der Waals surface area contributed by atoms with Crippen LogP contribution in [0.1, 0.15) is 42.8 Å². The average molecular weight is 391 g/mol. The molecule has 8 nitrogen and oxygen atoms in total. The van der Waals surface area contributed by atoms with Gasteiger partial charge in [-0.3, -0.25) is 4.79 Å². The number of aromatic amines is 1. The predicted octanol–water partition coefficient (Wildman–Crippen LogP) is 3.49. The third-order valence-corrected chi connectivity index (χ3v) is 4.57. The van der Waals surface area contributed by atoms with Crippen molar-refractivity contribution in [2.45, 2.75) is 25.9 Å². The lowest BCUT2D eigenvalue weighted by Crippen LogP contribution is -2.24. The SMILES string of the molecule is CC(C)c1ccc(C=CC(=O)Nc2cccc3c2OC(c2nn[nH]n2)CO3)cc1. The van der Waals surface area contributed by atoms with Gasteiger partial charge in [0.1, 0.15) is 6.61 Å². The number of para-hydroxylation sites is 1. The lowest BCUT2D eigenvalue weighted by atomic mass is 10.0. The van der Waals surface area contributed by atoms with E-state index in [-0.39, 0.29) is 12.5 Å². The van der Waals surface area contributed by atoms with Crippen LogP contribution in [-0.2, 0) is 4.79 Å². The third-order valence-electron chi connectivity index (χ3n) is 4.57. The summed E-state index contributed by atoms with van der Waals surface area (Å²) in [6.45, 7) is 4.55. The van der Waals surface area contributed by atoms with Crippen molar-refractivity contribution in [2.24, 2.45) is 0 Å². The first-order valence-electron chi connectivity index (χ1n) is 9.35. The molecule has 1 atom stereocenters. The summed E-state index contributed by atoms with van der Waals surface area (Å²) in [6.07, 6.45) is 2.76. The summed E-state index contributed by atoms with van der Waals surface area (Å²) in [7, 11) is 0. The van der Waals surface area contributed by atoms with E-state index in [4.69, 9.17) is 9.47 Å². The van der Waals surface area contributed by atoms with E-state index >= 15 is 0 Å². The number of carbonyl (C=O) groups excluding carboxylic acids is 1. The summed E-state index contributed by atoms with van der Waals surface area (Å²) < 4.78 is 11.7. The second-order valence-corrected chi connectivity index (χ2v) is 6.96. The van der Waals surface area contributed by atoms with Crippen LogP contribution in [0.2, 0.25) is 0 Å². The number of hydrogen-bond acceptors (Lipinski definition) is 6. The standard InChI is InChI=1S/C21H21N5O3/c1-13(2)15-9-6-14(7-10-15)8-11-19(27)22-16-4-3-5-17-20(16)29-18(12-28-17)21-23-25-26-24-21/h3-11,13,18H,12H2,1-2H3,(H,22,27)(H,23,24,25,26). The maximum Gasteiger partial charge on any atom is 0.248 e. The van der Waals surface area contributed by atoms with Gasteiger partial charge in [-0.15, -0.1) is 10.2 Å². The minimum absolute atomic E-state index is 0.260. The van der Waals surface area contributed by atoms with Gasteiger partial charge in [0.25, 0.3) is 0 Å². The number of fused-ring (bicyclic) bond motifs is 1. The number of amides is 1. The van der Waals surface area contributed by atoms with Crippen LogP contribution < -0.4 is 14.8 Å². The minimum Gasteiger partial charge on any atom is -0.485 e. The van der Waals surface area contributed by atoms with Gasteiger partial charge >= 0.3 is 0 Å². The van der Waals surface area contributed by atoms with Crippen molar-refractivity contribution in [1.82, 2.24) is 20.6 Å². The second kappa shape index (κ2) is 8.14. The molecule has 0 bridgehead atoms. The van der Waals surface area contributed by atoms with Gasteiger partial charge in [-0.25, -0.2) is 0 Å². The number of tetrazole rings is 1. The molecule has 2 N–H and O–H groups in total. The van der Waals surface area contributed by atoms with E-state index in [9.17, 15) is 4.79 Å². The Morgan fingerprint density at radius 1 is 1.24 bits per heavy atom. The number of anilines is 1. The molecule has 1 aromatic heterocycles. The molecule has 0 radical (unpaired) electrons. The Hall–Kier alpha value is -3.68. The highest BCUT2D eigenvalue weighted by atomic mass is 16.6. The van der Waals surface area contributed by atoms with Crippen LogP contribution in [0.15, 0.2) is 48.5 Å². The largest absolute Gasteiger partial charge is 0.485 e. The van der Waals surface area contributed by atoms with Crippen molar-refractivity contribution < 1.29 is 14.3 Å². The van der Waals surface area contributed by atoms with Crippen LogP contribution in [0.3, 0.4) is 0 Å².